The quantitative estimate of drug-likeness (QED) is 0.467. The Morgan fingerprint density at radius 3 is 2.71 bits per heavy atom. The SMILES string of the molecule is C=CC(=O)NC[NH]. The summed E-state index contributed by atoms with van der Waals surface area (Å²) in [6.07, 6.45) is 1.13. The van der Waals surface area contributed by atoms with E-state index in [1.165, 1.54) is 0 Å². The van der Waals surface area contributed by atoms with E-state index in [0.717, 1.165) is 6.08 Å². The van der Waals surface area contributed by atoms with Crippen molar-refractivity contribution in [2.45, 2.75) is 0 Å². The Labute approximate surface area is 42.2 Å². The lowest BCUT2D eigenvalue weighted by Crippen LogP contribution is -2.22. The number of nitrogens with one attached hydrogen (secondary N) is 2. The summed E-state index contributed by atoms with van der Waals surface area (Å²) in [7, 11) is 0. The lowest BCUT2D eigenvalue weighted by molar-refractivity contribution is -0.116. The van der Waals surface area contributed by atoms with E-state index in [-0.39, 0.29) is 12.6 Å². The van der Waals surface area contributed by atoms with Crippen LogP contribution in [-0.4, -0.2) is 12.6 Å². The number of hydrogen-bond acceptors (Lipinski definition) is 1. The molecule has 0 saturated carbocycles. The summed E-state index contributed by atoms with van der Waals surface area (Å²) in [6.45, 7) is 3.11. The predicted molar refractivity (Wildman–Crippen MR) is 26.3 cm³/mol. The van der Waals surface area contributed by atoms with Crippen LogP contribution < -0.4 is 11.1 Å². The van der Waals surface area contributed by atoms with Crippen molar-refractivity contribution in [1.29, 1.82) is 0 Å². The molecule has 1 radical (unpaired) electrons. The second-order valence-electron chi connectivity index (χ2n) is 0.922. The van der Waals surface area contributed by atoms with E-state index >= 15 is 0 Å². The van der Waals surface area contributed by atoms with Crippen LogP contribution in [0, 0.1) is 0 Å². The molecule has 0 atom stereocenters. The van der Waals surface area contributed by atoms with Crippen molar-refractivity contribution in [3.8, 4) is 0 Å². The minimum absolute atomic E-state index is 0.0785. The van der Waals surface area contributed by atoms with Gasteiger partial charge in [-0.15, -0.1) is 0 Å². The predicted octanol–water partition coefficient (Wildman–Crippen LogP) is -0.471. The third-order valence-electron chi connectivity index (χ3n) is 0.448. The number of rotatable bonds is 2. The van der Waals surface area contributed by atoms with Crippen LogP contribution in [0.5, 0.6) is 0 Å². The Kier molecular flexibility index (Phi) is 2.96. The van der Waals surface area contributed by atoms with Crippen LogP contribution in [0.15, 0.2) is 12.7 Å². The molecule has 0 aliphatic heterocycles. The first-order valence-electron chi connectivity index (χ1n) is 1.86. The van der Waals surface area contributed by atoms with E-state index in [4.69, 9.17) is 5.73 Å². The van der Waals surface area contributed by atoms with E-state index in [1.807, 2.05) is 0 Å². The molecule has 39 valence electrons. The van der Waals surface area contributed by atoms with Gasteiger partial charge in [0.15, 0.2) is 0 Å². The van der Waals surface area contributed by atoms with Gasteiger partial charge in [-0.1, -0.05) is 6.58 Å². The Morgan fingerprint density at radius 2 is 2.57 bits per heavy atom. The van der Waals surface area contributed by atoms with E-state index in [1.54, 1.807) is 0 Å². The lowest BCUT2D eigenvalue weighted by Gasteiger charge is -1.89. The fourth-order valence-electron chi connectivity index (χ4n) is 0.159. The Hall–Kier alpha value is -0.830. The summed E-state index contributed by atoms with van der Waals surface area (Å²) in [4.78, 5) is 10.1. The van der Waals surface area contributed by atoms with Crippen LogP contribution in [0.3, 0.4) is 0 Å². The Balaban J connectivity index is 3.17. The van der Waals surface area contributed by atoms with E-state index in [2.05, 4.69) is 11.9 Å². The number of hydrogen-bond donors (Lipinski definition) is 1. The molecule has 0 aromatic heterocycles. The summed E-state index contributed by atoms with van der Waals surface area (Å²) >= 11 is 0. The van der Waals surface area contributed by atoms with Gasteiger partial charge in [0.25, 0.3) is 0 Å². The fourth-order valence-corrected chi connectivity index (χ4v) is 0.159. The highest BCUT2D eigenvalue weighted by Gasteiger charge is 1.84. The smallest absolute Gasteiger partial charge is 0.244 e. The van der Waals surface area contributed by atoms with Gasteiger partial charge >= 0.3 is 0 Å². The maximum absolute atomic E-state index is 10.1. The molecule has 0 aromatic carbocycles. The van der Waals surface area contributed by atoms with Gasteiger partial charge in [-0.25, -0.2) is 5.73 Å². The molecule has 0 fully saturated rings. The second kappa shape index (κ2) is 3.36. The summed E-state index contributed by atoms with van der Waals surface area (Å²) < 4.78 is 0. The van der Waals surface area contributed by atoms with Gasteiger partial charge < -0.3 is 5.32 Å². The summed E-state index contributed by atoms with van der Waals surface area (Å²) in [5.74, 6) is -0.296. The van der Waals surface area contributed by atoms with Crippen molar-refractivity contribution in [2.75, 3.05) is 6.67 Å². The summed E-state index contributed by atoms with van der Waals surface area (Å²) in [6, 6.07) is 0. The zero-order valence-corrected chi connectivity index (χ0v) is 3.90. The third-order valence-corrected chi connectivity index (χ3v) is 0.448. The van der Waals surface area contributed by atoms with Gasteiger partial charge in [-0.3, -0.25) is 4.79 Å². The minimum Gasteiger partial charge on any atom is -0.339 e. The summed E-state index contributed by atoms with van der Waals surface area (Å²) in [5.41, 5.74) is 6.46. The monoisotopic (exact) mass is 99.1 g/mol. The molecule has 0 saturated heterocycles. The van der Waals surface area contributed by atoms with Crippen LogP contribution in [0.1, 0.15) is 0 Å². The molecule has 2 N–H and O–H groups in total. The molecule has 0 rings (SSSR count). The topological polar surface area (TPSA) is 52.9 Å². The Bertz CT molecular complexity index is 79.8. The molecular weight excluding hydrogens is 92.1 g/mol. The van der Waals surface area contributed by atoms with Crippen molar-refractivity contribution in [3.05, 3.63) is 12.7 Å². The molecule has 0 aromatic rings. The van der Waals surface area contributed by atoms with Crippen LogP contribution in [0.25, 0.3) is 0 Å². The molecule has 1 amide bonds. The van der Waals surface area contributed by atoms with Crippen molar-refractivity contribution >= 4 is 5.91 Å². The van der Waals surface area contributed by atoms with Crippen molar-refractivity contribution in [1.82, 2.24) is 11.1 Å². The van der Waals surface area contributed by atoms with Crippen molar-refractivity contribution in [2.24, 2.45) is 0 Å². The van der Waals surface area contributed by atoms with Gasteiger partial charge in [0.1, 0.15) is 0 Å². The largest absolute Gasteiger partial charge is 0.339 e. The standard InChI is InChI=1S/C4H7N2O/c1-2-4(7)6-3-5/h2,5H,1,3H2,(H,6,7). The highest BCUT2D eigenvalue weighted by molar-refractivity contribution is 5.86. The van der Waals surface area contributed by atoms with Gasteiger partial charge in [-0.05, 0) is 6.08 Å². The first kappa shape index (κ1) is 6.17. The zero-order valence-electron chi connectivity index (χ0n) is 3.90. The molecule has 7 heavy (non-hydrogen) atoms. The first-order valence-corrected chi connectivity index (χ1v) is 1.86. The van der Waals surface area contributed by atoms with Gasteiger partial charge in [0.2, 0.25) is 5.91 Å². The molecule has 0 bridgehead atoms. The van der Waals surface area contributed by atoms with E-state index in [0.29, 0.717) is 0 Å². The first-order chi connectivity index (χ1) is 3.31. The maximum Gasteiger partial charge on any atom is 0.244 e. The molecule has 0 aliphatic rings. The highest BCUT2D eigenvalue weighted by atomic mass is 16.1. The molecule has 0 aliphatic carbocycles. The number of carbonyl (C=O) groups excluding carboxylic acids is 1. The van der Waals surface area contributed by atoms with Crippen LogP contribution in [-0.2, 0) is 4.79 Å². The van der Waals surface area contributed by atoms with Gasteiger partial charge in [0, 0.05) is 0 Å². The minimum atomic E-state index is -0.296. The molecule has 0 unspecified atom stereocenters. The zero-order chi connectivity index (χ0) is 5.70. The molecule has 0 spiro atoms. The molecule has 3 nitrogen and oxygen atoms in total. The average Bonchev–Trinajstić information content (AvgIpc) is 1.68. The third kappa shape index (κ3) is 2.99. The normalized spacial score (nSPS) is 7.57. The Morgan fingerprint density at radius 1 is 2.00 bits per heavy atom. The average molecular weight is 99.1 g/mol. The van der Waals surface area contributed by atoms with E-state index < -0.39 is 0 Å². The number of amides is 1. The second-order valence-corrected chi connectivity index (χ2v) is 0.922. The fraction of sp³-hybridized carbons (Fsp3) is 0.250. The van der Waals surface area contributed by atoms with Crippen LogP contribution in [0.4, 0.5) is 0 Å². The van der Waals surface area contributed by atoms with Gasteiger partial charge in [0.05, 0.1) is 6.67 Å². The van der Waals surface area contributed by atoms with Crippen LogP contribution >= 0.6 is 0 Å². The maximum atomic E-state index is 10.1. The lowest BCUT2D eigenvalue weighted by atomic mass is 10.6. The van der Waals surface area contributed by atoms with Gasteiger partial charge in [-0.2, -0.15) is 0 Å². The highest BCUT2D eigenvalue weighted by Crippen LogP contribution is 1.59. The number of carbonyl (C=O) groups is 1. The summed E-state index contributed by atoms with van der Waals surface area (Å²) in [5, 5.41) is 2.20. The molecule has 0 heterocycles. The molecular formula is C4H7N2O. The van der Waals surface area contributed by atoms with Crippen molar-refractivity contribution in [3.63, 3.8) is 0 Å². The molecule has 3 heteroatoms. The van der Waals surface area contributed by atoms with Crippen LogP contribution in [0.2, 0.25) is 0 Å². The van der Waals surface area contributed by atoms with Crippen molar-refractivity contribution < 1.29 is 4.79 Å². The van der Waals surface area contributed by atoms with E-state index in [9.17, 15) is 4.79 Å².